The third-order valence-electron chi connectivity index (χ3n) is 5.59. The fraction of sp³-hybridized carbons (Fsp3) is 0.364. The average Bonchev–Trinajstić information content (AvgIpc) is 3.00. The Morgan fingerprint density at radius 2 is 1.97 bits per heavy atom. The van der Waals surface area contributed by atoms with Gasteiger partial charge < -0.3 is 5.32 Å². The van der Waals surface area contributed by atoms with Gasteiger partial charge in [0.1, 0.15) is 0 Å². The summed E-state index contributed by atoms with van der Waals surface area (Å²) in [5.74, 6) is -0.0531. The lowest BCUT2D eigenvalue weighted by molar-refractivity contribution is -0.117. The minimum Gasteiger partial charge on any atom is -0.326 e. The molecule has 1 aliphatic rings. The quantitative estimate of drug-likeness (QED) is 0.591. The molecule has 1 amide bonds. The lowest BCUT2D eigenvalue weighted by atomic mass is 9.78. The van der Waals surface area contributed by atoms with Crippen LogP contribution in [-0.4, -0.2) is 30.7 Å². The SMILES string of the molecule is Cc1nn(CCCNS(=O)(=O)c2ccc3c(c2)C(C)(C)CC(=O)N3)c2ccccc12. The standard InChI is InChI=1S/C22H26N4O3S/c1-15-17-7-4-5-8-20(17)26(25-15)12-6-11-23-30(28,29)16-9-10-19-18(13-16)22(2,3)14-21(27)24-19/h4-5,7-10,13,23H,6,11-12,14H2,1-3H3,(H,24,27). The van der Waals surface area contributed by atoms with Crippen LogP contribution in [0, 0.1) is 6.92 Å². The predicted octanol–water partition coefficient (Wildman–Crippen LogP) is 3.33. The molecule has 4 rings (SSSR count). The van der Waals surface area contributed by atoms with Crippen LogP contribution < -0.4 is 10.0 Å². The molecule has 30 heavy (non-hydrogen) atoms. The first kappa shape index (κ1) is 20.6. The van der Waals surface area contributed by atoms with Gasteiger partial charge in [0.05, 0.1) is 16.1 Å². The molecule has 0 saturated carbocycles. The molecular formula is C22H26N4O3S. The fourth-order valence-corrected chi connectivity index (χ4v) is 5.13. The van der Waals surface area contributed by atoms with Crippen molar-refractivity contribution in [3.05, 3.63) is 53.7 Å². The maximum Gasteiger partial charge on any atom is 0.240 e. The number of nitrogens with one attached hydrogen (secondary N) is 2. The first-order valence-electron chi connectivity index (χ1n) is 10.0. The summed E-state index contributed by atoms with van der Waals surface area (Å²) in [7, 11) is -3.64. The van der Waals surface area contributed by atoms with Gasteiger partial charge in [0.2, 0.25) is 15.9 Å². The summed E-state index contributed by atoms with van der Waals surface area (Å²) in [5, 5.41) is 8.49. The number of anilines is 1. The number of carbonyl (C=O) groups excluding carboxylic acids is 1. The number of sulfonamides is 1. The normalized spacial score (nSPS) is 15.8. The molecular weight excluding hydrogens is 400 g/mol. The zero-order chi connectivity index (χ0) is 21.5. The molecule has 0 fully saturated rings. The van der Waals surface area contributed by atoms with Gasteiger partial charge in [-0.15, -0.1) is 0 Å². The Balaban J connectivity index is 1.44. The average molecular weight is 427 g/mol. The second-order valence-corrected chi connectivity index (χ2v) is 10.2. The zero-order valence-electron chi connectivity index (χ0n) is 17.4. The van der Waals surface area contributed by atoms with Gasteiger partial charge in [0.25, 0.3) is 0 Å². The lowest BCUT2D eigenvalue weighted by Crippen LogP contribution is -2.33. The molecule has 0 unspecified atom stereocenters. The maximum atomic E-state index is 12.8. The highest BCUT2D eigenvalue weighted by Gasteiger charge is 2.33. The minimum absolute atomic E-state index is 0.0531. The van der Waals surface area contributed by atoms with Crippen molar-refractivity contribution >= 4 is 32.5 Å². The third kappa shape index (κ3) is 3.85. The second kappa shape index (κ2) is 7.52. The predicted molar refractivity (Wildman–Crippen MR) is 117 cm³/mol. The molecule has 3 aromatic rings. The van der Waals surface area contributed by atoms with Gasteiger partial charge in [-0.25, -0.2) is 13.1 Å². The minimum atomic E-state index is -3.64. The highest BCUT2D eigenvalue weighted by atomic mass is 32.2. The summed E-state index contributed by atoms with van der Waals surface area (Å²) in [6.07, 6.45) is 0.949. The van der Waals surface area contributed by atoms with Crippen LogP contribution in [0.3, 0.4) is 0 Å². The van der Waals surface area contributed by atoms with Crippen molar-refractivity contribution in [3.8, 4) is 0 Å². The smallest absolute Gasteiger partial charge is 0.240 e. The van der Waals surface area contributed by atoms with Crippen LogP contribution in [0.1, 0.15) is 37.9 Å². The Hall–Kier alpha value is -2.71. The van der Waals surface area contributed by atoms with Gasteiger partial charge in [-0.2, -0.15) is 5.10 Å². The number of aryl methyl sites for hydroxylation is 2. The number of hydrogen-bond donors (Lipinski definition) is 2. The van der Waals surface area contributed by atoms with E-state index in [0.29, 0.717) is 31.6 Å². The molecule has 0 bridgehead atoms. The number of amides is 1. The number of fused-ring (bicyclic) bond motifs is 2. The molecule has 0 aliphatic carbocycles. The number of nitrogens with zero attached hydrogens (tertiary/aromatic N) is 2. The zero-order valence-corrected chi connectivity index (χ0v) is 18.2. The van der Waals surface area contributed by atoms with Crippen molar-refractivity contribution in [3.63, 3.8) is 0 Å². The van der Waals surface area contributed by atoms with E-state index in [2.05, 4.69) is 15.1 Å². The Bertz CT molecular complexity index is 1230. The lowest BCUT2D eigenvalue weighted by Gasteiger charge is -2.32. The van der Waals surface area contributed by atoms with Crippen LogP contribution in [-0.2, 0) is 26.8 Å². The summed E-state index contributed by atoms with van der Waals surface area (Å²) in [4.78, 5) is 12.1. The molecule has 2 aromatic carbocycles. The molecule has 0 saturated heterocycles. The molecule has 7 nitrogen and oxygen atoms in total. The van der Waals surface area contributed by atoms with Gasteiger partial charge in [0, 0.05) is 36.0 Å². The fourth-order valence-electron chi connectivity index (χ4n) is 4.03. The van der Waals surface area contributed by atoms with Gasteiger partial charge in [0.15, 0.2) is 0 Å². The van der Waals surface area contributed by atoms with Crippen LogP contribution in [0.25, 0.3) is 10.9 Å². The topological polar surface area (TPSA) is 93.1 Å². The number of rotatable bonds is 6. The van der Waals surface area contributed by atoms with Gasteiger partial charge in [-0.1, -0.05) is 32.0 Å². The number of carbonyl (C=O) groups is 1. The van der Waals surface area contributed by atoms with E-state index >= 15 is 0 Å². The van der Waals surface area contributed by atoms with Crippen molar-refractivity contribution in [2.45, 2.75) is 50.5 Å². The molecule has 0 radical (unpaired) electrons. The highest BCUT2D eigenvalue weighted by Crippen LogP contribution is 2.38. The number of aromatic nitrogens is 2. The highest BCUT2D eigenvalue weighted by molar-refractivity contribution is 7.89. The van der Waals surface area contributed by atoms with Crippen LogP contribution >= 0.6 is 0 Å². The summed E-state index contributed by atoms with van der Waals surface area (Å²) in [6, 6.07) is 12.9. The van der Waals surface area contributed by atoms with E-state index in [4.69, 9.17) is 0 Å². The first-order valence-corrected chi connectivity index (χ1v) is 11.5. The maximum absolute atomic E-state index is 12.8. The molecule has 0 atom stereocenters. The van der Waals surface area contributed by atoms with Crippen LogP contribution in [0.2, 0.25) is 0 Å². The van der Waals surface area contributed by atoms with Gasteiger partial charge >= 0.3 is 0 Å². The Morgan fingerprint density at radius 1 is 1.20 bits per heavy atom. The largest absolute Gasteiger partial charge is 0.326 e. The van der Waals surface area contributed by atoms with Crippen molar-refractivity contribution < 1.29 is 13.2 Å². The third-order valence-corrected chi connectivity index (χ3v) is 7.05. The Morgan fingerprint density at radius 3 is 2.77 bits per heavy atom. The van der Waals surface area contributed by atoms with E-state index in [-0.39, 0.29) is 10.8 Å². The summed E-state index contributed by atoms with van der Waals surface area (Å²) >= 11 is 0. The van der Waals surface area contributed by atoms with E-state index in [9.17, 15) is 13.2 Å². The Labute approximate surface area is 176 Å². The van der Waals surface area contributed by atoms with Crippen molar-refractivity contribution in [2.24, 2.45) is 0 Å². The van der Waals surface area contributed by atoms with Crippen LogP contribution in [0.15, 0.2) is 47.4 Å². The van der Waals surface area contributed by atoms with Crippen LogP contribution in [0.5, 0.6) is 0 Å². The van der Waals surface area contributed by atoms with Gasteiger partial charge in [-0.05, 0) is 43.2 Å². The van der Waals surface area contributed by atoms with E-state index in [0.717, 1.165) is 22.2 Å². The molecule has 1 aromatic heterocycles. The van der Waals surface area contributed by atoms with Crippen molar-refractivity contribution in [2.75, 3.05) is 11.9 Å². The molecule has 0 spiro atoms. The molecule has 2 N–H and O–H groups in total. The first-order chi connectivity index (χ1) is 14.2. The van der Waals surface area contributed by atoms with E-state index < -0.39 is 15.4 Å². The molecule has 1 aliphatic heterocycles. The molecule has 8 heteroatoms. The van der Waals surface area contributed by atoms with Crippen molar-refractivity contribution in [1.29, 1.82) is 0 Å². The van der Waals surface area contributed by atoms with Crippen molar-refractivity contribution in [1.82, 2.24) is 14.5 Å². The van der Waals surface area contributed by atoms with E-state index in [1.165, 1.54) is 6.07 Å². The van der Waals surface area contributed by atoms with Crippen LogP contribution in [0.4, 0.5) is 5.69 Å². The summed E-state index contributed by atoms with van der Waals surface area (Å²) < 4.78 is 30.2. The number of benzene rings is 2. The second-order valence-electron chi connectivity index (χ2n) is 8.39. The van der Waals surface area contributed by atoms with Gasteiger partial charge in [-0.3, -0.25) is 9.48 Å². The summed E-state index contributed by atoms with van der Waals surface area (Å²) in [6.45, 7) is 6.81. The molecule has 2 heterocycles. The van der Waals surface area contributed by atoms with E-state index in [1.54, 1.807) is 12.1 Å². The van der Waals surface area contributed by atoms with E-state index in [1.807, 2.05) is 49.7 Å². The molecule has 158 valence electrons. The number of hydrogen-bond acceptors (Lipinski definition) is 4. The Kier molecular flexibility index (Phi) is 5.15. The summed E-state index contributed by atoms with van der Waals surface area (Å²) in [5.41, 5.74) is 3.12. The number of para-hydroxylation sites is 1. The monoisotopic (exact) mass is 426 g/mol.